The third-order valence-corrected chi connectivity index (χ3v) is 1.06. The molecule has 13 heavy (non-hydrogen) atoms. The van der Waals surface area contributed by atoms with Gasteiger partial charge in [0.1, 0.15) is 0 Å². The van der Waals surface area contributed by atoms with Crippen LogP contribution in [0.3, 0.4) is 0 Å². The van der Waals surface area contributed by atoms with Gasteiger partial charge in [-0.2, -0.15) is 0 Å². The predicted molar refractivity (Wildman–Crippen MR) is 47.6 cm³/mol. The van der Waals surface area contributed by atoms with E-state index in [0.717, 1.165) is 6.08 Å². The van der Waals surface area contributed by atoms with Crippen LogP contribution in [0.5, 0.6) is 11.5 Å². The van der Waals surface area contributed by atoms with Crippen molar-refractivity contribution in [1.82, 2.24) is 0 Å². The number of aromatic hydroxyl groups is 2. The Balaban J connectivity index is 0.000000252. The number of carboxylic acid groups (broad SMARTS) is 1. The van der Waals surface area contributed by atoms with Gasteiger partial charge in [-0.15, -0.1) is 0 Å². The highest BCUT2D eigenvalue weighted by atomic mass is 16.4. The maximum Gasteiger partial charge on any atom is 0.327 e. The molecule has 0 aliphatic carbocycles. The molecule has 70 valence electrons. The molecule has 0 amide bonds. The van der Waals surface area contributed by atoms with Gasteiger partial charge in [-0.1, -0.05) is 18.7 Å². The molecule has 0 aliphatic heterocycles. The second-order valence-electron chi connectivity index (χ2n) is 2.03. The average molecular weight is 182 g/mol. The van der Waals surface area contributed by atoms with Crippen LogP contribution in [-0.2, 0) is 4.79 Å². The van der Waals surface area contributed by atoms with Crippen molar-refractivity contribution in [3.8, 4) is 11.5 Å². The first-order chi connectivity index (χ1) is 6.07. The van der Waals surface area contributed by atoms with Crippen LogP contribution in [0.1, 0.15) is 0 Å². The van der Waals surface area contributed by atoms with Gasteiger partial charge in [-0.3, -0.25) is 0 Å². The molecule has 3 N–H and O–H groups in total. The second kappa shape index (κ2) is 5.65. The van der Waals surface area contributed by atoms with Crippen molar-refractivity contribution in [3.05, 3.63) is 36.9 Å². The lowest BCUT2D eigenvalue weighted by atomic mass is 10.3. The fourth-order valence-corrected chi connectivity index (χ4v) is 0.464. The van der Waals surface area contributed by atoms with E-state index in [-0.39, 0.29) is 11.5 Å². The van der Waals surface area contributed by atoms with Gasteiger partial charge in [0, 0.05) is 6.08 Å². The van der Waals surface area contributed by atoms with Crippen LogP contribution >= 0.6 is 0 Å². The molecule has 0 bridgehead atoms. The highest BCUT2D eigenvalue weighted by Crippen LogP contribution is 2.21. The lowest BCUT2D eigenvalue weighted by Crippen LogP contribution is -1.82. The smallest absolute Gasteiger partial charge is 0.327 e. The predicted octanol–water partition coefficient (Wildman–Crippen LogP) is 1.35. The van der Waals surface area contributed by atoms with E-state index in [1.54, 1.807) is 12.1 Å². The Hall–Kier alpha value is -1.97. The molecule has 0 aliphatic rings. The molecule has 1 aromatic carbocycles. The number of carbonyl (C=O) groups is 1. The largest absolute Gasteiger partial charge is 0.504 e. The van der Waals surface area contributed by atoms with Gasteiger partial charge in [-0.25, -0.2) is 4.79 Å². The van der Waals surface area contributed by atoms with E-state index in [9.17, 15) is 4.79 Å². The number of phenolic OH excluding ortho intramolecular Hbond substituents is 2. The summed E-state index contributed by atoms with van der Waals surface area (Å²) in [5.41, 5.74) is 0. The van der Waals surface area contributed by atoms with E-state index in [1.165, 1.54) is 12.1 Å². The summed E-state index contributed by atoms with van der Waals surface area (Å²) >= 11 is 0. The molecule has 4 heteroatoms. The minimum atomic E-state index is -0.981. The van der Waals surface area contributed by atoms with Crippen molar-refractivity contribution >= 4 is 5.97 Å². The summed E-state index contributed by atoms with van der Waals surface area (Å²) in [4.78, 5) is 9.25. The van der Waals surface area contributed by atoms with Crippen LogP contribution in [0.15, 0.2) is 36.9 Å². The average Bonchev–Trinajstić information content (AvgIpc) is 2.11. The van der Waals surface area contributed by atoms with Crippen LogP contribution < -0.4 is 0 Å². The topological polar surface area (TPSA) is 77.8 Å². The molecule has 4 nitrogen and oxygen atoms in total. The Morgan fingerprint density at radius 2 is 1.54 bits per heavy atom. The molecule has 0 heterocycles. The van der Waals surface area contributed by atoms with Gasteiger partial charge < -0.3 is 15.3 Å². The van der Waals surface area contributed by atoms with E-state index < -0.39 is 5.97 Å². The first kappa shape index (κ1) is 11.0. The molecule has 0 unspecified atom stereocenters. The number of aliphatic carboxylic acids is 1. The Morgan fingerprint density at radius 1 is 1.23 bits per heavy atom. The summed E-state index contributed by atoms with van der Waals surface area (Å²) in [7, 11) is 0. The first-order valence-corrected chi connectivity index (χ1v) is 3.40. The van der Waals surface area contributed by atoms with Crippen molar-refractivity contribution in [1.29, 1.82) is 0 Å². The van der Waals surface area contributed by atoms with Crippen molar-refractivity contribution in [3.63, 3.8) is 0 Å². The molecule has 0 spiro atoms. The van der Waals surface area contributed by atoms with E-state index in [1.807, 2.05) is 0 Å². The molecule has 0 saturated carbocycles. The van der Waals surface area contributed by atoms with Gasteiger partial charge in [-0.05, 0) is 12.1 Å². The van der Waals surface area contributed by atoms with E-state index in [4.69, 9.17) is 15.3 Å². The molecule has 1 aromatic rings. The first-order valence-electron chi connectivity index (χ1n) is 3.40. The van der Waals surface area contributed by atoms with Gasteiger partial charge >= 0.3 is 5.97 Å². The van der Waals surface area contributed by atoms with E-state index in [2.05, 4.69) is 6.58 Å². The Bertz CT molecular complexity index is 272. The Morgan fingerprint density at radius 3 is 1.69 bits per heavy atom. The number of benzene rings is 1. The number of para-hydroxylation sites is 2. The number of phenols is 2. The maximum atomic E-state index is 9.25. The standard InChI is InChI=1S/C6H6O2.C3H4O2/c7-5-3-1-2-4-6(5)8;1-2-3(4)5/h1-4,7-8H;2H,1H2,(H,4,5). The quantitative estimate of drug-likeness (QED) is 0.452. The van der Waals surface area contributed by atoms with Crippen LogP contribution in [0.25, 0.3) is 0 Å². The summed E-state index contributed by atoms with van der Waals surface area (Å²) < 4.78 is 0. The number of hydrogen-bond donors (Lipinski definition) is 3. The van der Waals surface area contributed by atoms with E-state index in [0.29, 0.717) is 0 Å². The van der Waals surface area contributed by atoms with Crippen molar-refractivity contribution in [2.75, 3.05) is 0 Å². The second-order valence-corrected chi connectivity index (χ2v) is 2.03. The monoisotopic (exact) mass is 182 g/mol. The zero-order valence-electron chi connectivity index (χ0n) is 6.84. The number of rotatable bonds is 1. The van der Waals surface area contributed by atoms with E-state index >= 15 is 0 Å². The molecule has 0 radical (unpaired) electrons. The van der Waals surface area contributed by atoms with Gasteiger partial charge in [0.25, 0.3) is 0 Å². The van der Waals surface area contributed by atoms with Crippen molar-refractivity contribution in [2.24, 2.45) is 0 Å². The van der Waals surface area contributed by atoms with Crippen LogP contribution in [0, 0.1) is 0 Å². The minimum absolute atomic E-state index is 0.0764. The lowest BCUT2D eigenvalue weighted by molar-refractivity contribution is -0.131. The number of carboxylic acids is 1. The molecular weight excluding hydrogens is 172 g/mol. The maximum absolute atomic E-state index is 9.25. The summed E-state index contributed by atoms with van der Waals surface area (Å²) in [5, 5.41) is 24.9. The lowest BCUT2D eigenvalue weighted by Gasteiger charge is -1.91. The van der Waals surface area contributed by atoms with Gasteiger partial charge in [0.05, 0.1) is 0 Å². The summed E-state index contributed by atoms with van der Waals surface area (Å²) in [6.07, 6.45) is 0.833. The van der Waals surface area contributed by atoms with Crippen LogP contribution in [0.2, 0.25) is 0 Å². The van der Waals surface area contributed by atoms with Crippen LogP contribution in [0.4, 0.5) is 0 Å². The van der Waals surface area contributed by atoms with Crippen molar-refractivity contribution < 1.29 is 20.1 Å². The van der Waals surface area contributed by atoms with Crippen molar-refractivity contribution in [2.45, 2.75) is 0 Å². The molecule has 0 aromatic heterocycles. The number of hydrogen-bond acceptors (Lipinski definition) is 3. The zero-order chi connectivity index (χ0) is 10.3. The molecule has 1 rings (SSSR count). The van der Waals surface area contributed by atoms with Crippen LogP contribution in [-0.4, -0.2) is 21.3 Å². The molecule has 0 fully saturated rings. The Kier molecular flexibility index (Phi) is 4.79. The SMILES string of the molecule is C=CC(=O)O.Oc1ccccc1O. The highest BCUT2D eigenvalue weighted by Gasteiger charge is 1.90. The third-order valence-electron chi connectivity index (χ3n) is 1.06. The van der Waals surface area contributed by atoms with Gasteiger partial charge in [0.15, 0.2) is 11.5 Å². The molecule has 0 saturated heterocycles. The Labute approximate surface area is 75.4 Å². The summed E-state index contributed by atoms with van der Waals surface area (Å²) in [6.45, 7) is 2.96. The molecule has 0 atom stereocenters. The fourth-order valence-electron chi connectivity index (χ4n) is 0.464. The minimum Gasteiger partial charge on any atom is -0.504 e. The highest BCUT2D eigenvalue weighted by molar-refractivity contribution is 5.78. The summed E-state index contributed by atoms with van der Waals surface area (Å²) in [6, 6.07) is 6.15. The molecular formula is C9H10O4. The third kappa shape index (κ3) is 5.32. The zero-order valence-corrected chi connectivity index (χ0v) is 6.84. The normalized spacial score (nSPS) is 8.00. The fraction of sp³-hybridized carbons (Fsp3) is 0. The summed E-state index contributed by atoms with van der Waals surface area (Å²) in [5.74, 6) is -1.13. The van der Waals surface area contributed by atoms with Gasteiger partial charge in [0.2, 0.25) is 0 Å².